The van der Waals surface area contributed by atoms with E-state index in [1.165, 1.54) is 11.3 Å². The van der Waals surface area contributed by atoms with E-state index in [4.69, 9.17) is 26.4 Å². The van der Waals surface area contributed by atoms with Gasteiger partial charge in [0.2, 0.25) is 0 Å². The Morgan fingerprint density at radius 2 is 1.64 bits per heavy atom. The van der Waals surface area contributed by atoms with Crippen molar-refractivity contribution >= 4 is 40.9 Å². The Labute approximate surface area is 266 Å². The van der Waals surface area contributed by atoms with Crippen LogP contribution in [0.25, 0.3) is 0 Å². The summed E-state index contributed by atoms with van der Waals surface area (Å²) in [6, 6.07) is 18.5. The Morgan fingerprint density at radius 3 is 2.23 bits per heavy atom. The van der Waals surface area contributed by atoms with Crippen molar-refractivity contribution in [2.75, 3.05) is 0 Å². The maximum atomic E-state index is 13.1. The van der Waals surface area contributed by atoms with E-state index in [0.29, 0.717) is 12.8 Å². The maximum Gasteiger partial charge on any atom is 0.407 e. The van der Waals surface area contributed by atoms with Gasteiger partial charge in [0.25, 0.3) is 5.17 Å². The largest absolute Gasteiger partial charge is 0.465 e. The Kier molecular flexibility index (Phi) is 11.8. The number of imidazole rings is 1. The predicted molar refractivity (Wildman–Crippen MR) is 172 cm³/mol. The molecule has 0 fully saturated rings. The second-order valence-corrected chi connectivity index (χ2v) is 12.5. The lowest BCUT2D eigenvalue weighted by atomic mass is 9.93. The van der Waals surface area contributed by atoms with E-state index in [0.717, 1.165) is 16.0 Å². The minimum Gasteiger partial charge on any atom is -0.465 e. The molecule has 4 aromatic rings. The van der Waals surface area contributed by atoms with Gasteiger partial charge in [0.15, 0.2) is 0 Å². The van der Waals surface area contributed by atoms with E-state index < -0.39 is 36.0 Å². The number of carbonyl (C=O) groups excluding carboxylic acids is 2. The molecule has 232 valence electrons. The summed E-state index contributed by atoms with van der Waals surface area (Å²) in [4.78, 5) is 35.0. The van der Waals surface area contributed by atoms with Crippen molar-refractivity contribution in [3.05, 3.63) is 107 Å². The highest BCUT2D eigenvalue weighted by Crippen LogP contribution is 2.19. The Morgan fingerprint density at radius 1 is 0.955 bits per heavy atom. The fourth-order valence-corrected chi connectivity index (χ4v) is 5.22. The van der Waals surface area contributed by atoms with Crippen LogP contribution in [0.15, 0.2) is 91.1 Å². The van der Waals surface area contributed by atoms with Crippen LogP contribution in [0, 0.1) is 0 Å². The van der Waals surface area contributed by atoms with Crippen molar-refractivity contribution in [3.8, 4) is 0 Å². The number of amides is 2. The summed E-state index contributed by atoms with van der Waals surface area (Å²) in [5, 5.41) is 6.19. The van der Waals surface area contributed by atoms with Gasteiger partial charge in [0.1, 0.15) is 24.6 Å². The molecule has 0 radical (unpaired) electrons. The highest BCUT2D eigenvalue weighted by atomic mass is 32.1. The van der Waals surface area contributed by atoms with E-state index in [-0.39, 0.29) is 18.2 Å². The number of hydrogen-bond acceptors (Lipinski definition) is 9. The summed E-state index contributed by atoms with van der Waals surface area (Å²) in [5.41, 5.74) is 2.99. The number of thiazole rings is 1. The summed E-state index contributed by atoms with van der Waals surface area (Å²) in [7, 11) is 0. The highest BCUT2D eigenvalue weighted by molar-refractivity contribution is 7.80. The van der Waals surface area contributed by atoms with Gasteiger partial charge in [0.05, 0.1) is 16.4 Å². The van der Waals surface area contributed by atoms with E-state index in [1.807, 2.05) is 81.4 Å². The first-order chi connectivity index (χ1) is 21.1. The second kappa shape index (κ2) is 16.0. The number of nitrogens with zero attached hydrogens (tertiary/aromatic N) is 3. The lowest BCUT2D eigenvalue weighted by Gasteiger charge is -2.32. The molecule has 2 heterocycles. The first-order valence-corrected chi connectivity index (χ1v) is 15.5. The molecule has 0 saturated carbocycles. The number of ether oxygens (including phenoxy) is 3. The molecule has 0 saturated heterocycles. The molecular weight excluding hydrogens is 599 g/mol. The van der Waals surface area contributed by atoms with Crippen LogP contribution in [0.3, 0.4) is 0 Å². The quantitative estimate of drug-likeness (QED) is 0.184. The number of thiocarbonyl (C=S) groups is 1. The molecule has 0 aliphatic heterocycles. The molecule has 10 nitrogen and oxygen atoms in total. The molecule has 2 N–H and O–H groups in total. The normalized spacial score (nSPS) is 13.2. The van der Waals surface area contributed by atoms with Crippen LogP contribution in [0.2, 0.25) is 0 Å². The molecule has 3 atom stereocenters. The van der Waals surface area contributed by atoms with Crippen LogP contribution in [0.4, 0.5) is 9.59 Å². The number of aromatic nitrogens is 3. The number of benzene rings is 2. The summed E-state index contributed by atoms with van der Waals surface area (Å²) < 4.78 is 19.1. The minimum atomic E-state index is -0.690. The summed E-state index contributed by atoms with van der Waals surface area (Å²) >= 11 is 7.03. The lowest BCUT2D eigenvalue weighted by molar-refractivity contribution is 0.0470. The average molecular weight is 636 g/mol. The molecule has 2 aromatic carbocycles. The SMILES string of the molecule is CC(C)(C)OC(=O)N[C@@H](Cc1ccccc1)CC(OC(=S)n1ccnc1)[C@H](Cc1ccccc1)NC(=O)OCc1cncs1. The molecular formula is C32H37N5O5S2. The summed E-state index contributed by atoms with van der Waals surface area (Å²) in [6.07, 6.45) is 5.83. The molecule has 0 aliphatic rings. The zero-order valence-electron chi connectivity index (χ0n) is 24.9. The molecule has 1 unspecified atom stereocenters. The number of carbonyl (C=O) groups is 2. The van der Waals surface area contributed by atoms with Crippen LogP contribution < -0.4 is 10.6 Å². The number of nitrogens with one attached hydrogen (secondary N) is 2. The van der Waals surface area contributed by atoms with Gasteiger partial charge >= 0.3 is 12.2 Å². The third-order valence-electron chi connectivity index (χ3n) is 6.41. The van der Waals surface area contributed by atoms with Gasteiger partial charge in [0, 0.05) is 31.1 Å². The number of rotatable bonds is 12. The average Bonchev–Trinajstić information content (AvgIpc) is 3.71. The van der Waals surface area contributed by atoms with Gasteiger partial charge in [-0.1, -0.05) is 60.7 Å². The van der Waals surface area contributed by atoms with E-state index in [2.05, 4.69) is 20.6 Å². The third-order valence-corrected chi connectivity index (χ3v) is 7.47. The minimum absolute atomic E-state index is 0.0877. The molecule has 0 spiro atoms. The van der Waals surface area contributed by atoms with Crippen molar-refractivity contribution in [1.82, 2.24) is 25.2 Å². The van der Waals surface area contributed by atoms with E-state index >= 15 is 0 Å². The molecule has 4 rings (SSSR count). The first-order valence-electron chi connectivity index (χ1n) is 14.2. The number of alkyl carbamates (subject to hydrolysis) is 2. The van der Waals surface area contributed by atoms with Crippen molar-refractivity contribution in [1.29, 1.82) is 0 Å². The predicted octanol–water partition coefficient (Wildman–Crippen LogP) is 5.92. The first kappa shape index (κ1) is 32.6. The molecule has 2 amide bonds. The highest BCUT2D eigenvalue weighted by Gasteiger charge is 2.32. The maximum absolute atomic E-state index is 13.1. The van der Waals surface area contributed by atoms with Gasteiger partial charge < -0.3 is 24.8 Å². The lowest BCUT2D eigenvalue weighted by Crippen LogP contribution is -2.51. The zero-order chi connectivity index (χ0) is 31.4. The van der Waals surface area contributed by atoms with Gasteiger partial charge in [-0.05, 0) is 57.0 Å². The van der Waals surface area contributed by atoms with Crippen molar-refractivity contribution in [3.63, 3.8) is 0 Å². The fraction of sp³-hybridized carbons (Fsp3) is 0.344. The molecule has 44 heavy (non-hydrogen) atoms. The van der Waals surface area contributed by atoms with Crippen LogP contribution in [0.5, 0.6) is 0 Å². The van der Waals surface area contributed by atoms with Crippen LogP contribution in [0.1, 0.15) is 43.2 Å². The summed E-state index contributed by atoms with van der Waals surface area (Å²) in [5.74, 6) is 0. The summed E-state index contributed by atoms with van der Waals surface area (Å²) in [6.45, 7) is 5.52. The second-order valence-electron chi connectivity index (χ2n) is 11.1. The van der Waals surface area contributed by atoms with Crippen molar-refractivity contribution in [2.24, 2.45) is 0 Å². The Hall–Kier alpha value is -4.29. The van der Waals surface area contributed by atoms with E-state index in [1.54, 1.807) is 35.0 Å². The zero-order valence-corrected chi connectivity index (χ0v) is 26.6. The third kappa shape index (κ3) is 11.1. The smallest absolute Gasteiger partial charge is 0.407 e. The van der Waals surface area contributed by atoms with Gasteiger partial charge in [-0.3, -0.25) is 9.55 Å². The van der Waals surface area contributed by atoms with Crippen LogP contribution in [-0.2, 0) is 33.7 Å². The van der Waals surface area contributed by atoms with Gasteiger partial charge in [-0.2, -0.15) is 0 Å². The van der Waals surface area contributed by atoms with E-state index in [9.17, 15) is 9.59 Å². The van der Waals surface area contributed by atoms with Crippen LogP contribution in [-0.4, -0.2) is 55.7 Å². The Balaban J connectivity index is 1.63. The number of hydrogen-bond donors (Lipinski definition) is 2. The van der Waals surface area contributed by atoms with Gasteiger partial charge in [-0.25, -0.2) is 14.6 Å². The molecule has 2 aromatic heterocycles. The monoisotopic (exact) mass is 635 g/mol. The van der Waals surface area contributed by atoms with Crippen molar-refractivity contribution < 1.29 is 23.8 Å². The molecule has 12 heteroatoms. The van der Waals surface area contributed by atoms with Crippen LogP contribution >= 0.6 is 23.6 Å². The van der Waals surface area contributed by atoms with Crippen molar-refractivity contribution in [2.45, 2.75) is 70.4 Å². The fourth-order valence-electron chi connectivity index (χ4n) is 4.49. The van der Waals surface area contributed by atoms with Gasteiger partial charge in [-0.15, -0.1) is 11.3 Å². The molecule has 0 aliphatic carbocycles. The Bertz CT molecular complexity index is 1450. The topological polar surface area (TPSA) is 117 Å². The standard InChI is InChI=1S/C32H37N5O5S2/c1-32(2,3)42-30(39)35-25(16-23-10-6-4-7-11-23)18-28(41-31(43)37-15-14-33-21-37)27(17-24-12-8-5-9-13-24)36-29(38)40-20-26-19-34-22-44-26/h4-15,19,21-22,25,27-28H,16-18,20H2,1-3H3,(H,35,39)(H,36,38)/t25-,27-,28?/m0/s1. The molecule has 0 bridgehead atoms.